The molecule has 0 aromatic heterocycles. The van der Waals surface area contributed by atoms with Crippen molar-refractivity contribution in [1.82, 2.24) is 5.32 Å². The minimum atomic E-state index is -0.106. The summed E-state index contributed by atoms with van der Waals surface area (Å²) >= 11 is 7.49. The van der Waals surface area contributed by atoms with Crippen LogP contribution in [0.2, 0.25) is 0 Å². The van der Waals surface area contributed by atoms with Gasteiger partial charge in [0.2, 0.25) is 0 Å². The average Bonchev–Trinajstić information content (AvgIpc) is 2.47. The van der Waals surface area contributed by atoms with Crippen molar-refractivity contribution in [1.29, 1.82) is 0 Å². The summed E-state index contributed by atoms with van der Waals surface area (Å²) in [6.45, 7) is 5.18. The molecule has 1 aromatic carbocycles. The molecule has 20 heavy (non-hydrogen) atoms. The zero-order chi connectivity index (χ0) is 14.5. The first-order valence-corrected chi connectivity index (χ1v) is 9.98. The van der Waals surface area contributed by atoms with Crippen molar-refractivity contribution in [3.05, 3.63) is 34.1 Å². The summed E-state index contributed by atoms with van der Waals surface area (Å²) in [4.78, 5) is 0. The van der Waals surface area contributed by atoms with Crippen LogP contribution in [0.3, 0.4) is 0 Å². The lowest BCUT2D eigenvalue weighted by Gasteiger charge is -2.36. The molecule has 1 heterocycles. The average molecular weight is 378 g/mol. The van der Waals surface area contributed by atoms with Crippen molar-refractivity contribution < 1.29 is 4.39 Å². The second-order valence-electron chi connectivity index (χ2n) is 4.85. The Morgan fingerprint density at radius 1 is 1.35 bits per heavy atom. The lowest BCUT2D eigenvalue weighted by Crippen LogP contribution is -2.39. The van der Waals surface area contributed by atoms with Gasteiger partial charge in [0.25, 0.3) is 0 Å². The maximum atomic E-state index is 14.3. The van der Waals surface area contributed by atoms with Crippen molar-refractivity contribution in [2.75, 3.05) is 18.1 Å². The van der Waals surface area contributed by atoms with Crippen molar-refractivity contribution in [3.63, 3.8) is 0 Å². The summed E-state index contributed by atoms with van der Waals surface area (Å²) in [7, 11) is 0. The Labute approximate surface area is 138 Å². The van der Waals surface area contributed by atoms with Crippen LogP contribution in [0.25, 0.3) is 0 Å². The predicted octanol–water partition coefficient (Wildman–Crippen LogP) is 4.87. The van der Waals surface area contributed by atoms with Gasteiger partial charge in [0.05, 0.1) is 0 Å². The maximum Gasteiger partial charge on any atom is 0.128 e. The van der Waals surface area contributed by atoms with Crippen LogP contribution in [0.5, 0.6) is 0 Å². The second kappa shape index (κ2) is 8.06. The van der Waals surface area contributed by atoms with Gasteiger partial charge < -0.3 is 5.32 Å². The molecule has 2 rings (SSSR count). The number of thioether (sulfide) groups is 2. The molecule has 0 amide bonds. The zero-order valence-corrected chi connectivity index (χ0v) is 15.1. The number of nitrogens with one attached hydrogen (secondary N) is 1. The lowest BCUT2D eigenvalue weighted by molar-refractivity contribution is 0.484. The fourth-order valence-corrected chi connectivity index (χ4v) is 6.24. The summed E-state index contributed by atoms with van der Waals surface area (Å²) in [6.07, 6.45) is 1.14. The fraction of sp³-hybridized carbons (Fsp3) is 0.600. The standard InChI is InChI=1S/C15H21BrFNS2/c1-3-13-15(20-8-7-19-13)14(18-4-2)11-9-10(16)5-6-12(11)17/h5-6,9,13-15,18H,3-4,7-8H2,1-2H3. The lowest BCUT2D eigenvalue weighted by atomic mass is 9.99. The molecule has 0 bridgehead atoms. The summed E-state index contributed by atoms with van der Waals surface area (Å²) in [5.74, 6) is 2.26. The van der Waals surface area contributed by atoms with E-state index in [1.54, 1.807) is 12.1 Å². The summed E-state index contributed by atoms with van der Waals surface area (Å²) in [6, 6.07) is 5.34. The van der Waals surface area contributed by atoms with Crippen LogP contribution in [-0.2, 0) is 0 Å². The quantitative estimate of drug-likeness (QED) is 0.786. The molecule has 1 saturated heterocycles. The highest BCUT2D eigenvalue weighted by atomic mass is 79.9. The molecule has 1 aliphatic heterocycles. The van der Waals surface area contributed by atoms with E-state index in [1.165, 1.54) is 5.75 Å². The predicted molar refractivity (Wildman–Crippen MR) is 93.3 cm³/mol. The van der Waals surface area contributed by atoms with Gasteiger partial charge in [-0.15, -0.1) is 0 Å². The molecule has 112 valence electrons. The molecule has 1 aliphatic rings. The Balaban J connectivity index is 2.31. The highest BCUT2D eigenvalue weighted by Crippen LogP contribution is 2.41. The molecule has 0 radical (unpaired) electrons. The van der Waals surface area contributed by atoms with Gasteiger partial charge in [-0.1, -0.05) is 29.8 Å². The normalized spacial score (nSPS) is 24.6. The Morgan fingerprint density at radius 3 is 2.80 bits per heavy atom. The third kappa shape index (κ3) is 3.93. The minimum Gasteiger partial charge on any atom is -0.309 e. The molecule has 0 saturated carbocycles. The van der Waals surface area contributed by atoms with Crippen LogP contribution in [0.4, 0.5) is 4.39 Å². The molecule has 3 atom stereocenters. The highest BCUT2D eigenvalue weighted by molar-refractivity contribution is 9.10. The smallest absolute Gasteiger partial charge is 0.128 e. The van der Waals surface area contributed by atoms with E-state index in [0.717, 1.165) is 28.8 Å². The molecular formula is C15H21BrFNS2. The van der Waals surface area contributed by atoms with E-state index >= 15 is 0 Å². The van der Waals surface area contributed by atoms with Gasteiger partial charge in [0.15, 0.2) is 0 Å². The molecule has 1 N–H and O–H groups in total. The van der Waals surface area contributed by atoms with Crippen LogP contribution >= 0.6 is 39.5 Å². The molecule has 0 spiro atoms. The zero-order valence-electron chi connectivity index (χ0n) is 11.9. The molecule has 3 unspecified atom stereocenters. The van der Waals surface area contributed by atoms with Crippen LogP contribution in [0.15, 0.2) is 22.7 Å². The third-order valence-electron chi connectivity index (χ3n) is 3.54. The molecule has 1 aromatic rings. The summed E-state index contributed by atoms with van der Waals surface area (Å²) in [5.41, 5.74) is 0.791. The topological polar surface area (TPSA) is 12.0 Å². The number of benzene rings is 1. The van der Waals surface area contributed by atoms with Crippen LogP contribution in [0.1, 0.15) is 31.9 Å². The SMILES string of the molecule is CCNC(c1cc(Br)ccc1F)C1SCCSC1CC. The highest BCUT2D eigenvalue weighted by Gasteiger charge is 2.33. The molecule has 1 fully saturated rings. The largest absolute Gasteiger partial charge is 0.309 e. The van der Waals surface area contributed by atoms with Crippen molar-refractivity contribution in [2.24, 2.45) is 0 Å². The van der Waals surface area contributed by atoms with Crippen molar-refractivity contribution in [2.45, 2.75) is 36.8 Å². The van der Waals surface area contributed by atoms with Crippen LogP contribution < -0.4 is 5.32 Å². The second-order valence-corrected chi connectivity index (χ2v) is 8.40. The number of halogens is 2. The van der Waals surface area contributed by atoms with E-state index in [9.17, 15) is 4.39 Å². The van der Waals surface area contributed by atoms with Crippen LogP contribution in [-0.4, -0.2) is 28.6 Å². The molecule has 1 nitrogen and oxygen atoms in total. The Bertz CT molecular complexity index is 444. The summed E-state index contributed by atoms with van der Waals surface area (Å²) < 4.78 is 15.2. The van der Waals surface area contributed by atoms with E-state index < -0.39 is 0 Å². The van der Waals surface area contributed by atoms with Crippen molar-refractivity contribution >= 4 is 39.5 Å². The van der Waals surface area contributed by atoms with Gasteiger partial charge in [0.1, 0.15) is 5.82 Å². The van der Waals surface area contributed by atoms with E-state index in [1.807, 2.05) is 29.6 Å². The van der Waals surface area contributed by atoms with E-state index in [4.69, 9.17) is 0 Å². The molecular weight excluding hydrogens is 357 g/mol. The fourth-order valence-electron chi connectivity index (χ4n) is 2.62. The molecule has 0 aliphatic carbocycles. The number of rotatable bonds is 5. The van der Waals surface area contributed by atoms with Gasteiger partial charge in [0, 0.05) is 38.1 Å². The van der Waals surface area contributed by atoms with Crippen molar-refractivity contribution in [3.8, 4) is 0 Å². The van der Waals surface area contributed by atoms with Gasteiger partial charge >= 0.3 is 0 Å². The Hall–Kier alpha value is 0.290. The van der Waals surface area contributed by atoms with E-state index in [0.29, 0.717) is 10.5 Å². The van der Waals surface area contributed by atoms with Crippen LogP contribution in [0, 0.1) is 5.82 Å². The van der Waals surface area contributed by atoms with Gasteiger partial charge in [-0.3, -0.25) is 0 Å². The van der Waals surface area contributed by atoms with E-state index in [2.05, 4.69) is 35.1 Å². The molecule has 5 heteroatoms. The minimum absolute atomic E-state index is 0.0836. The Morgan fingerprint density at radius 2 is 2.10 bits per heavy atom. The Kier molecular flexibility index (Phi) is 6.72. The first-order valence-electron chi connectivity index (χ1n) is 7.08. The number of hydrogen-bond donors (Lipinski definition) is 1. The monoisotopic (exact) mass is 377 g/mol. The van der Waals surface area contributed by atoms with Gasteiger partial charge in [-0.05, 0) is 31.2 Å². The van der Waals surface area contributed by atoms with E-state index in [-0.39, 0.29) is 11.9 Å². The van der Waals surface area contributed by atoms with Gasteiger partial charge in [-0.2, -0.15) is 23.5 Å². The maximum absolute atomic E-state index is 14.3. The summed E-state index contributed by atoms with van der Waals surface area (Å²) in [5, 5.41) is 4.53. The van der Waals surface area contributed by atoms with Gasteiger partial charge in [-0.25, -0.2) is 4.39 Å². The third-order valence-corrected chi connectivity index (χ3v) is 7.38. The first-order chi connectivity index (χ1) is 9.67. The first kappa shape index (κ1) is 16.7. The number of hydrogen-bond acceptors (Lipinski definition) is 3.